The second-order valence-electron chi connectivity index (χ2n) is 3.80. The van der Waals surface area contributed by atoms with Gasteiger partial charge in [0.15, 0.2) is 0 Å². The molecule has 0 bridgehead atoms. The van der Waals surface area contributed by atoms with Crippen molar-refractivity contribution >= 4 is 0 Å². The first kappa shape index (κ1) is 17.7. The molecular weight excluding hydrogens is 144 g/mol. The van der Waals surface area contributed by atoms with E-state index in [0.717, 1.165) is 5.92 Å². The van der Waals surface area contributed by atoms with E-state index in [0.29, 0.717) is 0 Å². The molecule has 0 aromatic heterocycles. The minimum atomic E-state index is 0. The molecule has 76 valence electrons. The zero-order valence-electron chi connectivity index (χ0n) is 9.07. The van der Waals surface area contributed by atoms with Crippen LogP contribution in [0.15, 0.2) is 11.6 Å². The summed E-state index contributed by atoms with van der Waals surface area (Å²) in [6.07, 6.45) is 4.77. The van der Waals surface area contributed by atoms with Gasteiger partial charge in [-0.2, -0.15) is 0 Å². The molecule has 0 saturated carbocycles. The van der Waals surface area contributed by atoms with Crippen LogP contribution in [0, 0.1) is 5.92 Å². The summed E-state index contributed by atoms with van der Waals surface area (Å²) in [4.78, 5) is 0. The van der Waals surface area contributed by atoms with E-state index < -0.39 is 0 Å². The first-order valence-electron chi connectivity index (χ1n) is 4.64. The van der Waals surface area contributed by atoms with E-state index in [1.165, 1.54) is 18.4 Å². The van der Waals surface area contributed by atoms with Crippen molar-refractivity contribution in [1.82, 2.24) is 0 Å². The quantitative estimate of drug-likeness (QED) is 0.511. The van der Waals surface area contributed by atoms with Crippen LogP contribution in [0.2, 0.25) is 0 Å². The average Bonchev–Trinajstić information content (AvgIpc) is 1.82. The van der Waals surface area contributed by atoms with E-state index in [1.807, 2.05) is 0 Å². The fourth-order valence-electron chi connectivity index (χ4n) is 0.433. The van der Waals surface area contributed by atoms with Crippen molar-refractivity contribution in [2.45, 2.75) is 61.8 Å². The molecule has 0 amide bonds. The minimum absolute atomic E-state index is 0. The van der Waals surface area contributed by atoms with Crippen molar-refractivity contribution in [3.63, 3.8) is 0 Å². The van der Waals surface area contributed by atoms with Gasteiger partial charge in [-0.25, -0.2) is 0 Å². The van der Waals surface area contributed by atoms with Gasteiger partial charge in [0.05, 0.1) is 0 Å². The molecule has 12 heavy (non-hydrogen) atoms. The Labute approximate surface area is 80.1 Å². The van der Waals surface area contributed by atoms with Gasteiger partial charge in [-0.3, -0.25) is 0 Å². The Morgan fingerprint density at radius 1 is 1.17 bits per heavy atom. The normalized spacial score (nSPS) is 7.92. The summed E-state index contributed by atoms with van der Waals surface area (Å²) in [5.74, 6) is 0.833. The van der Waals surface area contributed by atoms with E-state index in [9.17, 15) is 0 Å². The van der Waals surface area contributed by atoms with Crippen molar-refractivity contribution in [2.75, 3.05) is 0 Å². The Hall–Kier alpha value is -0.260. The zero-order chi connectivity index (χ0) is 9.28. The number of unbranched alkanes of at least 4 members (excludes halogenated alkanes) is 1. The van der Waals surface area contributed by atoms with Crippen molar-refractivity contribution in [3.05, 3.63) is 11.6 Å². The summed E-state index contributed by atoms with van der Waals surface area (Å²) in [6.45, 7) is 13.0. The molecule has 0 spiro atoms. The number of rotatable bonds is 2. The third-order valence-corrected chi connectivity index (χ3v) is 0.841. The maximum absolute atomic E-state index is 2.26. The van der Waals surface area contributed by atoms with E-state index in [2.05, 4.69) is 47.6 Å². The highest BCUT2D eigenvalue weighted by molar-refractivity contribution is 4.92. The predicted octanol–water partition coefficient (Wildman–Crippen LogP) is 5.05. The second-order valence-corrected chi connectivity index (χ2v) is 3.80. The molecule has 0 heterocycles. The lowest BCUT2D eigenvalue weighted by molar-refractivity contribution is 0.737. The van der Waals surface area contributed by atoms with Crippen molar-refractivity contribution in [3.8, 4) is 0 Å². The predicted molar refractivity (Wildman–Crippen MR) is 61.6 cm³/mol. The third-order valence-electron chi connectivity index (χ3n) is 0.841. The Morgan fingerprint density at radius 3 is 1.58 bits per heavy atom. The van der Waals surface area contributed by atoms with E-state index in [1.54, 1.807) is 0 Å². The lowest BCUT2D eigenvalue weighted by Crippen LogP contribution is -1.66. The summed E-state index contributed by atoms with van der Waals surface area (Å²) >= 11 is 0. The minimum Gasteiger partial charge on any atom is -0.0859 e. The van der Waals surface area contributed by atoms with Crippen molar-refractivity contribution in [2.24, 2.45) is 5.92 Å². The summed E-state index contributed by atoms with van der Waals surface area (Å²) in [5, 5.41) is 0. The summed E-state index contributed by atoms with van der Waals surface area (Å²) in [7, 11) is 0. The van der Waals surface area contributed by atoms with Gasteiger partial charge in [-0.1, -0.05) is 53.2 Å². The van der Waals surface area contributed by atoms with Gasteiger partial charge in [0.1, 0.15) is 0 Å². The van der Waals surface area contributed by atoms with Gasteiger partial charge in [-0.05, 0) is 26.2 Å². The molecule has 0 aliphatic carbocycles. The number of hydrogen-bond donors (Lipinski definition) is 0. The molecule has 0 unspecified atom stereocenters. The third kappa shape index (κ3) is 53.2. The number of hydrogen-bond acceptors (Lipinski definition) is 0. The average molecular weight is 172 g/mol. The molecule has 0 rings (SSSR count). The largest absolute Gasteiger partial charge is 0.0859 e. The Balaban J connectivity index is -0.000000142. The van der Waals surface area contributed by atoms with Crippen LogP contribution in [-0.4, -0.2) is 0 Å². The van der Waals surface area contributed by atoms with Gasteiger partial charge in [0, 0.05) is 0 Å². The van der Waals surface area contributed by atoms with Gasteiger partial charge in [-0.15, -0.1) is 0 Å². The topological polar surface area (TPSA) is 0 Å². The van der Waals surface area contributed by atoms with E-state index in [4.69, 9.17) is 0 Å². The number of allylic oxidation sites excluding steroid dienone is 2. The van der Waals surface area contributed by atoms with Crippen LogP contribution in [0.5, 0.6) is 0 Å². The maximum Gasteiger partial charge on any atom is -0.0351 e. The van der Waals surface area contributed by atoms with Crippen molar-refractivity contribution < 1.29 is 0 Å². The molecule has 0 radical (unpaired) electrons. The Kier molecular flexibility index (Phi) is 19.7. The highest BCUT2D eigenvalue weighted by Gasteiger charge is 1.73. The van der Waals surface area contributed by atoms with Gasteiger partial charge >= 0.3 is 0 Å². The van der Waals surface area contributed by atoms with Gasteiger partial charge < -0.3 is 0 Å². The van der Waals surface area contributed by atoms with Crippen LogP contribution in [0.1, 0.15) is 61.8 Å². The molecule has 0 aromatic rings. The van der Waals surface area contributed by atoms with Crippen LogP contribution >= 0.6 is 0 Å². The Bertz CT molecular complexity index is 81.5. The lowest BCUT2D eigenvalue weighted by Gasteiger charge is -1.85. The first-order chi connectivity index (χ1) is 5.00. The summed E-state index contributed by atoms with van der Waals surface area (Å²) in [6, 6.07) is 0. The SMILES string of the molecule is C.CC(C)C.CCCC=C(C)C. The molecule has 0 aliphatic rings. The molecule has 0 saturated heterocycles. The molecule has 0 aliphatic heterocycles. The smallest absolute Gasteiger partial charge is 0.0351 e. The first-order valence-corrected chi connectivity index (χ1v) is 4.64. The fourth-order valence-corrected chi connectivity index (χ4v) is 0.433. The lowest BCUT2D eigenvalue weighted by atomic mass is 10.2. The molecule has 0 heteroatoms. The molecule has 0 atom stereocenters. The molecule has 0 nitrogen and oxygen atoms in total. The fraction of sp³-hybridized carbons (Fsp3) is 0.833. The van der Waals surface area contributed by atoms with Crippen LogP contribution in [0.3, 0.4) is 0 Å². The second kappa shape index (κ2) is 13.3. The molecular formula is C12H28. The molecule has 0 N–H and O–H groups in total. The standard InChI is InChI=1S/C7H14.C4H10.CH4/c1-4-5-6-7(2)3;1-4(2)3;/h6H,4-5H2,1-3H3;4H,1-3H3;1H4. The highest BCUT2D eigenvalue weighted by atomic mass is 13.8. The van der Waals surface area contributed by atoms with Crippen LogP contribution in [0.25, 0.3) is 0 Å². The monoisotopic (exact) mass is 172 g/mol. The summed E-state index contributed by atoms with van der Waals surface area (Å²) < 4.78 is 0. The molecule has 0 fully saturated rings. The highest BCUT2D eigenvalue weighted by Crippen LogP contribution is 1.94. The van der Waals surface area contributed by atoms with Gasteiger partial charge in [0.2, 0.25) is 0 Å². The van der Waals surface area contributed by atoms with Crippen LogP contribution < -0.4 is 0 Å². The van der Waals surface area contributed by atoms with Crippen LogP contribution in [-0.2, 0) is 0 Å². The van der Waals surface area contributed by atoms with E-state index in [-0.39, 0.29) is 7.43 Å². The zero-order valence-corrected chi connectivity index (χ0v) is 9.07. The van der Waals surface area contributed by atoms with E-state index >= 15 is 0 Å². The molecule has 0 aromatic carbocycles. The van der Waals surface area contributed by atoms with Gasteiger partial charge in [0.25, 0.3) is 0 Å². The summed E-state index contributed by atoms with van der Waals surface area (Å²) in [5.41, 5.74) is 1.43. The maximum atomic E-state index is 2.26. The van der Waals surface area contributed by atoms with Crippen LogP contribution in [0.4, 0.5) is 0 Å². The van der Waals surface area contributed by atoms with Crippen molar-refractivity contribution in [1.29, 1.82) is 0 Å². The Morgan fingerprint density at radius 2 is 1.50 bits per heavy atom.